The standard InChI is InChI=1S/C23H26F2N6O/c1-13(16-5-4-6-17(9-16)22(24)25)27-23-19-10-21(26-11-20(19)28-14(2)29-23)31-8-7-18(12-31)30-15(3)32/h4-6,9-11,13,18,22H,7-8,12H2,1-3H3,(H,30,32)(H,27,28,29)/t13?,18-/m1/s1. The van der Waals surface area contributed by atoms with Gasteiger partial charge in [-0.05, 0) is 38.0 Å². The SMILES string of the molecule is CC(=O)N[C@@H]1CCN(c2cc3c(NC(C)c4cccc(C(F)F)c4)nc(C)nc3cn2)C1. The number of alkyl halides is 2. The Kier molecular flexibility index (Phi) is 6.16. The molecule has 7 nitrogen and oxygen atoms in total. The van der Waals surface area contributed by atoms with Crippen LogP contribution in [0.2, 0.25) is 0 Å². The van der Waals surface area contributed by atoms with Gasteiger partial charge in [-0.1, -0.05) is 18.2 Å². The number of fused-ring (bicyclic) bond motifs is 1. The van der Waals surface area contributed by atoms with Crippen molar-refractivity contribution in [2.75, 3.05) is 23.3 Å². The summed E-state index contributed by atoms with van der Waals surface area (Å²) in [5.74, 6) is 1.97. The van der Waals surface area contributed by atoms with Gasteiger partial charge in [0.2, 0.25) is 5.91 Å². The lowest BCUT2D eigenvalue weighted by molar-refractivity contribution is -0.119. The molecule has 168 valence electrons. The van der Waals surface area contributed by atoms with E-state index in [2.05, 4.69) is 30.5 Å². The molecule has 1 unspecified atom stereocenters. The van der Waals surface area contributed by atoms with Gasteiger partial charge in [-0.25, -0.2) is 23.7 Å². The summed E-state index contributed by atoms with van der Waals surface area (Å²) in [6, 6.07) is 8.19. The van der Waals surface area contributed by atoms with E-state index in [9.17, 15) is 13.6 Å². The van der Waals surface area contributed by atoms with E-state index in [0.717, 1.165) is 29.7 Å². The van der Waals surface area contributed by atoms with Crippen molar-refractivity contribution < 1.29 is 13.6 Å². The molecule has 0 radical (unpaired) electrons. The quantitative estimate of drug-likeness (QED) is 0.599. The number of nitrogens with zero attached hydrogens (tertiary/aromatic N) is 4. The third-order valence-electron chi connectivity index (χ3n) is 5.61. The Hall–Kier alpha value is -3.36. The molecule has 0 saturated carbocycles. The van der Waals surface area contributed by atoms with Crippen LogP contribution in [-0.2, 0) is 4.79 Å². The van der Waals surface area contributed by atoms with E-state index in [1.54, 1.807) is 19.2 Å². The predicted molar refractivity (Wildman–Crippen MR) is 120 cm³/mol. The van der Waals surface area contributed by atoms with E-state index in [1.165, 1.54) is 19.1 Å². The maximum atomic E-state index is 13.1. The Morgan fingerprint density at radius 3 is 2.75 bits per heavy atom. The summed E-state index contributed by atoms with van der Waals surface area (Å²) in [6.45, 7) is 6.71. The van der Waals surface area contributed by atoms with E-state index < -0.39 is 6.43 Å². The molecule has 0 bridgehead atoms. The van der Waals surface area contributed by atoms with Crippen molar-refractivity contribution in [3.05, 3.63) is 53.5 Å². The number of nitrogens with one attached hydrogen (secondary N) is 2. The lowest BCUT2D eigenvalue weighted by Gasteiger charge is -2.20. The Morgan fingerprint density at radius 2 is 2.00 bits per heavy atom. The number of pyridine rings is 1. The molecule has 1 aromatic carbocycles. The van der Waals surface area contributed by atoms with Gasteiger partial charge in [0.25, 0.3) is 6.43 Å². The number of carbonyl (C=O) groups excluding carboxylic acids is 1. The zero-order chi connectivity index (χ0) is 22.8. The highest BCUT2D eigenvalue weighted by Gasteiger charge is 2.24. The van der Waals surface area contributed by atoms with Crippen molar-refractivity contribution in [2.45, 2.75) is 45.7 Å². The number of aromatic nitrogens is 3. The minimum absolute atomic E-state index is 0.00544. The number of halogens is 2. The minimum Gasteiger partial charge on any atom is -0.363 e. The fraction of sp³-hybridized carbons (Fsp3) is 0.391. The molecular weight excluding hydrogens is 414 g/mol. The Balaban J connectivity index is 1.62. The van der Waals surface area contributed by atoms with E-state index in [0.29, 0.717) is 23.7 Å². The average Bonchev–Trinajstić information content (AvgIpc) is 3.21. The monoisotopic (exact) mass is 440 g/mol. The van der Waals surface area contributed by atoms with Gasteiger partial charge in [0, 0.05) is 43.0 Å². The molecule has 1 aliphatic rings. The number of carbonyl (C=O) groups is 1. The van der Waals surface area contributed by atoms with Gasteiger partial charge in [-0.2, -0.15) is 0 Å². The van der Waals surface area contributed by atoms with E-state index in [-0.39, 0.29) is 23.6 Å². The van der Waals surface area contributed by atoms with Gasteiger partial charge >= 0.3 is 0 Å². The van der Waals surface area contributed by atoms with Crippen LogP contribution in [0.15, 0.2) is 36.5 Å². The number of hydrogen-bond donors (Lipinski definition) is 2. The molecule has 3 aromatic rings. The summed E-state index contributed by atoms with van der Waals surface area (Å²) in [5, 5.41) is 7.12. The first-order chi connectivity index (χ1) is 15.3. The fourth-order valence-electron chi connectivity index (χ4n) is 4.05. The number of aryl methyl sites for hydroxylation is 1. The van der Waals surface area contributed by atoms with Crippen LogP contribution in [0.4, 0.5) is 20.4 Å². The van der Waals surface area contributed by atoms with E-state index in [4.69, 9.17) is 0 Å². The molecule has 2 atom stereocenters. The zero-order valence-corrected chi connectivity index (χ0v) is 18.3. The number of amides is 1. The molecule has 9 heteroatoms. The summed E-state index contributed by atoms with van der Waals surface area (Å²) in [5.41, 5.74) is 1.45. The van der Waals surface area contributed by atoms with Crippen molar-refractivity contribution in [1.82, 2.24) is 20.3 Å². The lowest BCUT2D eigenvalue weighted by atomic mass is 10.1. The fourth-order valence-corrected chi connectivity index (χ4v) is 4.05. The molecule has 0 spiro atoms. The van der Waals surface area contributed by atoms with Crippen LogP contribution < -0.4 is 15.5 Å². The van der Waals surface area contributed by atoms with E-state index in [1.807, 2.05) is 19.1 Å². The van der Waals surface area contributed by atoms with Crippen molar-refractivity contribution in [2.24, 2.45) is 0 Å². The topological polar surface area (TPSA) is 83.0 Å². The van der Waals surface area contributed by atoms with Crippen molar-refractivity contribution in [3.8, 4) is 0 Å². The van der Waals surface area contributed by atoms with Crippen molar-refractivity contribution in [3.63, 3.8) is 0 Å². The van der Waals surface area contributed by atoms with E-state index >= 15 is 0 Å². The molecule has 1 fully saturated rings. The summed E-state index contributed by atoms with van der Waals surface area (Å²) in [7, 11) is 0. The zero-order valence-electron chi connectivity index (χ0n) is 18.3. The molecule has 1 aliphatic heterocycles. The first-order valence-electron chi connectivity index (χ1n) is 10.6. The second kappa shape index (κ2) is 9.02. The van der Waals surface area contributed by atoms with Crippen LogP contribution in [-0.4, -0.2) is 40.0 Å². The van der Waals surface area contributed by atoms with Gasteiger partial charge in [-0.3, -0.25) is 4.79 Å². The molecule has 2 N–H and O–H groups in total. The molecule has 1 amide bonds. The summed E-state index contributed by atoms with van der Waals surface area (Å²) < 4.78 is 26.2. The molecule has 1 saturated heterocycles. The molecule has 4 rings (SSSR count). The van der Waals surface area contributed by atoms with Gasteiger partial charge < -0.3 is 15.5 Å². The second-order valence-electron chi connectivity index (χ2n) is 8.15. The van der Waals surface area contributed by atoms with Gasteiger partial charge in [0.1, 0.15) is 17.5 Å². The summed E-state index contributed by atoms with van der Waals surface area (Å²) in [4.78, 5) is 27.1. The highest BCUT2D eigenvalue weighted by atomic mass is 19.3. The number of anilines is 2. The third kappa shape index (κ3) is 4.76. The van der Waals surface area contributed by atoms with Gasteiger partial charge in [-0.15, -0.1) is 0 Å². The Labute approximate surface area is 185 Å². The number of rotatable bonds is 6. The molecule has 32 heavy (non-hydrogen) atoms. The maximum Gasteiger partial charge on any atom is 0.263 e. The predicted octanol–water partition coefficient (Wildman–Crippen LogP) is 4.16. The molecular formula is C23H26F2N6O. The maximum absolute atomic E-state index is 13.1. The molecule has 0 aliphatic carbocycles. The van der Waals surface area contributed by atoms with Crippen LogP contribution in [0.25, 0.3) is 10.9 Å². The Morgan fingerprint density at radius 1 is 1.22 bits per heavy atom. The normalized spacial score (nSPS) is 17.1. The highest BCUT2D eigenvalue weighted by molar-refractivity contribution is 5.90. The Bertz CT molecular complexity index is 1140. The van der Waals surface area contributed by atoms with Crippen LogP contribution in [0.3, 0.4) is 0 Å². The smallest absolute Gasteiger partial charge is 0.263 e. The van der Waals surface area contributed by atoms with Crippen molar-refractivity contribution in [1.29, 1.82) is 0 Å². The second-order valence-corrected chi connectivity index (χ2v) is 8.15. The minimum atomic E-state index is -2.51. The van der Waals surface area contributed by atoms with Gasteiger partial charge in [0.05, 0.1) is 11.7 Å². The number of benzene rings is 1. The van der Waals surface area contributed by atoms with Gasteiger partial charge in [0.15, 0.2) is 0 Å². The lowest BCUT2D eigenvalue weighted by Crippen LogP contribution is -2.35. The van der Waals surface area contributed by atoms with Crippen LogP contribution >= 0.6 is 0 Å². The molecule has 3 heterocycles. The first kappa shape index (κ1) is 21.9. The van der Waals surface area contributed by atoms with Crippen LogP contribution in [0.1, 0.15) is 49.7 Å². The first-order valence-corrected chi connectivity index (χ1v) is 10.6. The summed E-state index contributed by atoms with van der Waals surface area (Å²) in [6.07, 6.45) is 0.0599. The average molecular weight is 440 g/mol. The third-order valence-corrected chi connectivity index (χ3v) is 5.61. The number of hydrogen-bond acceptors (Lipinski definition) is 6. The molecule has 2 aromatic heterocycles. The van der Waals surface area contributed by atoms with Crippen molar-refractivity contribution >= 4 is 28.4 Å². The largest absolute Gasteiger partial charge is 0.363 e. The van der Waals surface area contributed by atoms with Crippen LogP contribution in [0.5, 0.6) is 0 Å². The highest BCUT2D eigenvalue weighted by Crippen LogP contribution is 2.29. The van der Waals surface area contributed by atoms with Crippen LogP contribution in [0, 0.1) is 6.92 Å². The summed E-state index contributed by atoms with van der Waals surface area (Å²) >= 11 is 0.